The minimum Gasteiger partial charge on any atom is -0.382 e. The van der Waals surface area contributed by atoms with E-state index >= 15 is 0 Å². The van der Waals surface area contributed by atoms with Gasteiger partial charge < -0.3 is 15.4 Å². The van der Waals surface area contributed by atoms with Crippen LogP contribution in [0.4, 0.5) is 5.82 Å². The summed E-state index contributed by atoms with van der Waals surface area (Å²) < 4.78 is 7.27. The Balaban J connectivity index is 1.75. The summed E-state index contributed by atoms with van der Waals surface area (Å²) in [6.45, 7) is 2.45. The van der Waals surface area contributed by atoms with Crippen LogP contribution in [0.3, 0.4) is 0 Å². The summed E-state index contributed by atoms with van der Waals surface area (Å²) in [7, 11) is 3.64. The van der Waals surface area contributed by atoms with Gasteiger partial charge in [0.15, 0.2) is 0 Å². The zero-order valence-corrected chi connectivity index (χ0v) is 14.6. The first-order chi connectivity index (χ1) is 11.8. The molecule has 24 heavy (non-hydrogen) atoms. The summed E-state index contributed by atoms with van der Waals surface area (Å²) >= 11 is 1.75. The second-order valence-electron chi connectivity index (χ2n) is 5.86. The standard InChI is InChI=1S/C16H20N6OS/c1-22-12(4-6-20-22)11(8-23-2)21-15-14-10-3-5-17-7-13(10)24-16(14)19-9-18-15/h4,6,9,11,17H,3,5,7-8H2,1-2H3,(H,18,19,21)/t11-/m0/s1. The van der Waals surface area contributed by atoms with Crippen LogP contribution >= 0.6 is 11.3 Å². The molecule has 0 bridgehead atoms. The predicted molar refractivity (Wildman–Crippen MR) is 94.3 cm³/mol. The van der Waals surface area contributed by atoms with Crippen molar-refractivity contribution in [1.82, 2.24) is 25.1 Å². The van der Waals surface area contributed by atoms with Gasteiger partial charge in [0.05, 0.1) is 23.7 Å². The van der Waals surface area contributed by atoms with Crippen LogP contribution in [0.2, 0.25) is 0 Å². The fraction of sp³-hybridized carbons (Fsp3) is 0.438. The maximum Gasteiger partial charge on any atom is 0.139 e. The number of fused-ring (bicyclic) bond motifs is 3. The SMILES string of the molecule is COC[C@H](Nc1ncnc2sc3c(c12)CCNC3)c1ccnn1C. The van der Waals surface area contributed by atoms with Gasteiger partial charge in [-0.05, 0) is 24.6 Å². The van der Waals surface area contributed by atoms with E-state index in [2.05, 4.69) is 25.7 Å². The van der Waals surface area contributed by atoms with Crippen molar-refractivity contribution in [1.29, 1.82) is 0 Å². The maximum atomic E-state index is 5.41. The number of methoxy groups -OCH3 is 1. The van der Waals surface area contributed by atoms with Gasteiger partial charge in [0.1, 0.15) is 17.0 Å². The molecule has 0 saturated carbocycles. The Hall–Kier alpha value is -2.03. The summed E-state index contributed by atoms with van der Waals surface area (Å²) in [5, 5.41) is 12.4. The monoisotopic (exact) mass is 344 g/mol. The molecule has 0 amide bonds. The third kappa shape index (κ3) is 2.66. The molecule has 3 aromatic heterocycles. The highest BCUT2D eigenvalue weighted by Crippen LogP contribution is 2.36. The highest BCUT2D eigenvalue weighted by atomic mass is 32.1. The molecule has 0 spiro atoms. The molecule has 8 heteroatoms. The van der Waals surface area contributed by atoms with Crippen molar-refractivity contribution in [3.8, 4) is 0 Å². The fourth-order valence-electron chi connectivity index (χ4n) is 3.23. The largest absolute Gasteiger partial charge is 0.382 e. The number of thiophene rings is 1. The molecule has 3 aromatic rings. The quantitative estimate of drug-likeness (QED) is 0.736. The Morgan fingerprint density at radius 1 is 1.46 bits per heavy atom. The molecular weight excluding hydrogens is 324 g/mol. The van der Waals surface area contributed by atoms with Crippen LogP contribution in [0.25, 0.3) is 10.2 Å². The molecule has 126 valence electrons. The Kier molecular flexibility index (Phi) is 4.17. The number of hydrogen-bond donors (Lipinski definition) is 2. The lowest BCUT2D eigenvalue weighted by atomic mass is 10.1. The number of hydrogen-bond acceptors (Lipinski definition) is 7. The number of anilines is 1. The molecule has 4 heterocycles. The zero-order valence-electron chi connectivity index (χ0n) is 13.7. The summed E-state index contributed by atoms with van der Waals surface area (Å²) in [4.78, 5) is 11.4. The molecule has 0 unspecified atom stereocenters. The molecule has 2 N–H and O–H groups in total. The Morgan fingerprint density at radius 2 is 2.38 bits per heavy atom. The van der Waals surface area contributed by atoms with E-state index in [-0.39, 0.29) is 6.04 Å². The number of ether oxygens (including phenoxy) is 1. The van der Waals surface area contributed by atoms with E-state index in [1.165, 1.54) is 10.4 Å². The lowest BCUT2D eigenvalue weighted by molar-refractivity contribution is 0.184. The first-order valence-corrected chi connectivity index (χ1v) is 8.79. The van der Waals surface area contributed by atoms with Gasteiger partial charge in [0.25, 0.3) is 0 Å². The molecule has 0 aromatic carbocycles. The summed E-state index contributed by atoms with van der Waals surface area (Å²) in [6, 6.07) is 1.99. The van der Waals surface area contributed by atoms with Crippen molar-refractivity contribution in [3.05, 3.63) is 34.7 Å². The van der Waals surface area contributed by atoms with E-state index in [1.807, 2.05) is 17.8 Å². The number of aryl methyl sites for hydroxylation is 1. The molecule has 0 aliphatic carbocycles. The third-order valence-corrected chi connectivity index (χ3v) is 5.51. The van der Waals surface area contributed by atoms with Gasteiger partial charge in [-0.3, -0.25) is 4.68 Å². The molecule has 1 atom stereocenters. The Morgan fingerprint density at radius 3 is 3.17 bits per heavy atom. The Bertz CT molecular complexity index is 857. The van der Waals surface area contributed by atoms with E-state index in [0.717, 1.165) is 41.2 Å². The van der Waals surface area contributed by atoms with Crippen molar-refractivity contribution >= 4 is 27.4 Å². The number of nitrogens with one attached hydrogen (secondary N) is 2. The molecule has 0 fully saturated rings. The van der Waals surface area contributed by atoms with E-state index in [4.69, 9.17) is 4.74 Å². The summed E-state index contributed by atoms with van der Waals surface area (Å²) in [6.07, 6.45) is 4.44. The van der Waals surface area contributed by atoms with Gasteiger partial charge in [-0.25, -0.2) is 9.97 Å². The van der Waals surface area contributed by atoms with Crippen molar-refractivity contribution in [3.63, 3.8) is 0 Å². The van der Waals surface area contributed by atoms with E-state index in [0.29, 0.717) is 6.61 Å². The van der Waals surface area contributed by atoms with Crippen molar-refractivity contribution < 1.29 is 4.74 Å². The normalized spacial score (nSPS) is 15.4. The van der Waals surface area contributed by atoms with Crippen LogP contribution in [-0.4, -0.2) is 40.0 Å². The van der Waals surface area contributed by atoms with Crippen LogP contribution in [0.1, 0.15) is 22.2 Å². The molecule has 1 aliphatic rings. The minimum absolute atomic E-state index is 0.0159. The van der Waals surface area contributed by atoms with Crippen LogP contribution in [-0.2, 0) is 24.8 Å². The average molecular weight is 344 g/mol. The lowest BCUT2D eigenvalue weighted by Crippen LogP contribution is -2.23. The highest BCUT2D eigenvalue weighted by Gasteiger charge is 2.22. The molecule has 7 nitrogen and oxygen atoms in total. The lowest BCUT2D eigenvalue weighted by Gasteiger charge is -2.20. The summed E-state index contributed by atoms with van der Waals surface area (Å²) in [5.41, 5.74) is 2.44. The van der Waals surface area contributed by atoms with Gasteiger partial charge in [-0.2, -0.15) is 5.10 Å². The molecule has 4 rings (SSSR count). The van der Waals surface area contributed by atoms with Crippen LogP contribution < -0.4 is 10.6 Å². The maximum absolute atomic E-state index is 5.41. The van der Waals surface area contributed by atoms with Crippen LogP contribution in [0.5, 0.6) is 0 Å². The third-order valence-electron chi connectivity index (χ3n) is 4.37. The topological polar surface area (TPSA) is 76.9 Å². The predicted octanol–water partition coefficient (Wildman–Crippen LogP) is 1.87. The van der Waals surface area contributed by atoms with Gasteiger partial charge in [0.2, 0.25) is 0 Å². The minimum atomic E-state index is -0.0159. The first kappa shape index (κ1) is 15.5. The molecule has 0 saturated heterocycles. The fourth-order valence-corrected chi connectivity index (χ4v) is 4.38. The van der Waals surface area contributed by atoms with Crippen LogP contribution in [0.15, 0.2) is 18.6 Å². The van der Waals surface area contributed by atoms with Crippen molar-refractivity contribution in [2.45, 2.75) is 19.0 Å². The van der Waals surface area contributed by atoms with Crippen LogP contribution in [0, 0.1) is 0 Å². The second kappa shape index (κ2) is 6.46. The van der Waals surface area contributed by atoms with Crippen molar-refractivity contribution in [2.24, 2.45) is 7.05 Å². The zero-order chi connectivity index (χ0) is 16.5. The number of aromatic nitrogens is 4. The smallest absolute Gasteiger partial charge is 0.139 e. The van der Waals surface area contributed by atoms with Gasteiger partial charge in [-0.15, -0.1) is 11.3 Å². The van der Waals surface area contributed by atoms with Crippen molar-refractivity contribution in [2.75, 3.05) is 25.6 Å². The summed E-state index contributed by atoms with van der Waals surface area (Å²) in [5.74, 6) is 0.877. The first-order valence-electron chi connectivity index (χ1n) is 7.97. The second-order valence-corrected chi connectivity index (χ2v) is 6.95. The van der Waals surface area contributed by atoms with E-state index in [9.17, 15) is 0 Å². The van der Waals surface area contributed by atoms with Gasteiger partial charge >= 0.3 is 0 Å². The average Bonchev–Trinajstić information content (AvgIpc) is 3.18. The van der Waals surface area contributed by atoms with Gasteiger partial charge in [-0.1, -0.05) is 0 Å². The Labute approximate surface area is 144 Å². The number of rotatable bonds is 5. The highest BCUT2D eigenvalue weighted by molar-refractivity contribution is 7.18. The molecular formula is C16H20N6OS. The number of nitrogens with zero attached hydrogens (tertiary/aromatic N) is 4. The molecule has 1 aliphatic heterocycles. The van der Waals surface area contributed by atoms with E-state index < -0.39 is 0 Å². The van der Waals surface area contributed by atoms with Gasteiger partial charge in [0, 0.05) is 31.8 Å². The van der Waals surface area contributed by atoms with E-state index in [1.54, 1.807) is 31.0 Å². The molecule has 0 radical (unpaired) electrons.